The van der Waals surface area contributed by atoms with Crippen LogP contribution in [0.4, 0.5) is 4.79 Å². The van der Waals surface area contributed by atoms with E-state index in [1.54, 1.807) is 18.7 Å². The van der Waals surface area contributed by atoms with E-state index in [2.05, 4.69) is 0 Å². The van der Waals surface area contributed by atoms with Gasteiger partial charge in [-0.05, 0) is 40.5 Å². The first kappa shape index (κ1) is 17.7. The summed E-state index contributed by atoms with van der Waals surface area (Å²) in [5.74, 6) is -0.623. The minimum absolute atomic E-state index is 0.00503. The molecule has 21 heavy (non-hydrogen) atoms. The Kier molecular flexibility index (Phi) is 5.93. The number of Topliss-reactive ketones (excluding diaryl/α,β-unsaturated/α-hetero) is 2. The van der Waals surface area contributed by atoms with Gasteiger partial charge in [0, 0.05) is 25.4 Å². The number of rotatable bonds is 4. The molecule has 0 N–H and O–H groups in total. The zero-order valence-electron chi connectivity index (χ0n) is 13.8. The highest BCUT2D eigenvalue weighted by molar-refractivity contribution is 6.02. The van der Waals surface area contributed by atoms with Crippen molar-refractivity contribution in [1.82, 2.24) is 4.90 Å². The summed E-state index contributed by atoms with van der Waals surface area (Å²) in [7, 11) is 0. The van der Waals surface area contributed by atoms with E-state index in [0.29, 0.717) is 32.4 Å². The van der Waals surface area contributed by atoms with E-state index >= 15 is 0 Å². The molecule has 1 fully saturated rings. The van der Waals surface area contributed by atoms with Crippen LogP contribution < -0.4 is 0 Å². The lowest BCUT2D eigenvalue weighted by atomic mass is 9.84. The van der Waals surface area contributed by atoms with E-state index < -0.39 is 11.5 Å². The summed E-state index contributed by atoms with van der Waals surface area (Å²) in [6.45, 7) is 9.99. The number of ether oxygens (including phenoxy) is 1. The van der Waals surface area contributed by atoms with E-state index in [-0.39, 0.29) is 23.6 Å². The van der Waals surface area contributed by atoms with Gasteiger partial charge >= 0.3 is 6.09 Å². The summed E-state index contributed by atoms with van der Waals surface area (Å²) in [5.41, 5.74) is -0.508. The number of hydrogen-bond donors (Lipinski definition) is 0. The molecule has 1 amide bonds. The number of piperidine rings is 1. The first-order valence-corrected chi connectivity index (χ1v) is 7.70. The lowest BCUT2D eigenvalue weighted by Crippen LogP contribution is -2.44. The van der Waals surface area contributed by atoms with Crippen molar-refractivity contribution >= 4 is 17.7 Å². The first-order valence-electron chi connectivity index (χ1n) is 7.70. The van der Waals surface area contributed by atoms with Crippen molar-refractivity contribution < 1.29 is 19.1 Å². The molecule has 1 heterocycles. The average Bonchev–Trinajstić information content (AvgIpc) is 2.43. The van der Waals surface area contributed by atoms with E-state index in [9.17, 15) is 14.4 Å². The number of carbonyl (C=O) groups is 3. The van der Waals surface area contributed by atoms with E-state index in [1.165, 1.54) is 0 Å². The van der Waals surface area contributed by atoms with Gasteiger partial charge in [0.1, 0.15) is 17.2 Å². The molecule has 0 aliphatic carbocycles. The third-order valence-corrected chi connectivity index (χ3v) is 3.81. The molecule has 5 nitrogen and oxygen atoms in total. The van der Waals surface area contributed by atoms with Crippen LogP contribution in [0.2, 0.25) is 0 Å². The molecule has 1 atom stereocenters. The van der Waals surface area contributed by atoms with Crippen molar-refractivity contribution in [1.29, 1.82) is 0 Å². The number of ketones is 2. The SMILES string of the molecule is CCC(=O)[C@@H](C)C(=O)C1CCN(C(=O)OC(C)(C)C)CC1. The van der Waals surface area contributed by atoms with E-state index in [1.807, 2.05) is 20.8 Å². The van der Waals surface area contributed by atoms with Crippen LogP contribution in [0, 0.1) is 11.8 Å². The molecule has 0 saturated carbocycles. The highest BCUT2D eigenvalue weighted by Crippen LogP contribution is 2.23. The summed E-state index contributed by atoms with van der Waals surface area (Å²) < 4.78 is 5.32. The summed E-state index contributed by atoms with van der Waals surface area (Å²) >= 11 is 0. The lowest BCUT2D eigenvalue weighted by molar-refractivity contribution is -0.135. The normalized spacial score (nSPS) is 18.2. The van der Waals surface area contributed by atoms with Crippen molar-refractivity contribution in [2.45, 2.75) is 59.5 Å². The predicted molar refractivity (Wildman–Crippen MR) is 80.0 cm³/mol. The number of carbonyl (C=O) groups excluding carboxylic acids is 3. The summed E-state index contributed by atoms with van der Waals surface area (Å²) in [4.78, 5) is 37.5. The molecule has 0 aromatic carbocycles. The van der Waals surface area contributed by atoms with E-state index in [4.69, 9.17) is 4.74 Å². The zero-order valence-corrected chi connectivity index (χ0v) is 13.8. The molecule has 1 saturated heterocycles. The molecule has 0 spiro atoms. The van der Waals surface area contributed by atoms with Gasteiger partial charge in [0.25, 0.3) is 0 Å². The molecule has 0 bridgehead atoms. The van der Waals surface area contributed by atoms with Gasteiger partial charge in [-0.1, -0.05) is 6.92 Å². The standard InChI is InChI=1S/C16H27NO4/c1-6-13(18)11(2)14(19)12-7-9-17(10-8-12)15(20)21-16(3,4)5/h11-12H,6-10H2,1-5H3/t11-/m1/s1. The van der Waals surface area contributed by atoms with Crippen LogP contribution >= 0.6 is 0 Å². The molecular formula is C16H27NO4. The van der Waals surface area contributed by atoms with Crippen LogP contribution in [0.25, 0.3) is 0 Å². The number of nitrogens with zero attached hydrogens (tertiary/aromatic N) is 1. The fourth-order valence-electron chi connectivity index (χ4n) is 2.49. The Labute approximate surface area is 127 Å². The van der Waals surface area contributed by atoms with Crippen LogP contribution in [-0.4, -0.2) is 41.3 Å². The predicted octanol–water partition coefficient (Wildman–Crippen LogP) is 2.82. The second-order valence-corrected chi connectivity index (χ2v) is 6.69. The van der Waals surface area contributed by atoms with Gasteiger partial charge in [-0.25, -0.2) is 4.79 Å². The maximum absolute atomic E-state index is 12.2. The Hall–Kier alpha value is -1.39. The largest absolute Gasteiger partial charge is 0.444 e. The number of amides is 1. The molecule has 0 aromatic rings. The molecule has 0 unspecified atom stereocenters. The number of hydrogen-bond acceptors (Lipinski definition) is 4. The highest BCUT2D eigenvalue weighted by Gasteiger charge is 2.33. The smallest absolute Gasteiger partial charge is 0.410 e. The van der Waals surface area contributed by atoms with Crippen LogP contribution in [0.3, 0.4) is 0 Å². The van der Waals surface area contributed by atoms with Gasteiger partial charge in [-0.3, -0.25) is 9.59 Å². The quantitative estimate of drug-likeness (QED) is 0.748. The Morgan fingerprint density at radius 2 is 1.71 bits per heavy atom. The maximum atomic E-state index is 12.2. The van der Waals surface area contributed by atoms with Crippen LogP contribution in [-0.2, 0) is 14.3 Å². The minimum Gasteiger partial charge on any atom is -0.444 e. The highest BCUT2D eigenvalue weighted by atomic mass is 16.6. The Balaban J connectivity index is 2.50. The van der Waals surface area contributed by atoms with Crippen LogP contribution in [0.5, 0.6) is 0 Å². The van der Waals surface area contributed by atoms with Crippen molar-refractivity contribution in [3.05, 3.63) is 0 Å². The first-order chi connectivity index (χ1) is 9.65. The molecule has 1 rings (SSSR count). The molecular weight excluding hydrogens is 270 g/mol. The molecule has 5 heteroatoms. The fourth-order valence-corrected chi connectivity index (χ4v) is 2.49. The third-order valence-electron chi connectivity index (χ3n) is 3.81. The van der Waals surface area contributed by atoms with Crippen molar-refractivity contribution in [2.75, 3.05) is 13.1 Å². The summed E-state index contributed by atoms with van der Waals surface area (Å²) in [5, 5.41) is 0. The monoisotopic (exact) mass is 297 g/mol. The second kappa shape index (κ2) is 7.05. The molecule has 1 aliphatic rings. The summed E-state index contributed by atoms with van der Waals surface area (Å²) in [6.07, 6.45) is 1.29. The minimum atomic E-state index is -0.520. The molecule has 0 radical (unpaired) electrons. The van der Waals surface area contributed by atoms with Crippen LogP contribution in [0.1, 0.15) is 53.9 Å². The van der Waals surface area contributed by atoms with Crippen molar-refractivity contribution in [3.63, 3.8) is 0 Å². The fraction of sp³-hybridized carbons (Fsp3) is 0.812. The molecule has 0 aromatic heterocycles. The van der Waals surface area contributed by atoms with Gasteiger partial charge in [0.15, 0.2) is 0 Å². The van der Waals surface area contributed by atoms with Gasteiger partial charge in [-0.15, -0.1) is 0 Å². The van der Waals surface area contributed by atoms with Crippen molar-refractivity contribution in [2.24, 2.45) is 11.8 Å². The van der Waals surface area contributed by atoms with Crippen molar-refractivity contribution in [3.8, 4) is 0 Å². The maximum Gasteiger partial charge on any atom is 0.410 e. The number of likely N-dealkylation sites (tertiary alicyclic amines) is 1. The van der Waals surface area contributed by atoms with Gasteiger partial charge < -0.3 is 9.64 Å². The topological polar surface area (TPSA) is 63.7 Å². The van der Waals surface area contributed by atoms with Gasteiger partial charge in [0.2, 0.25) is 0 Å². The zero-order chi connectivity index (χ0) is 16.2. The Morgan fingerprint density at radius 3 is 2.14 bits per heavy atom. The van der Waals surface area contributed by atoms with Gasteiger partial charge in [-0.2, -0.15) is 0 Å². The Morgan fingerprint density at radius 1 is 1.19 bits per heavy atom. The third kappa shape index (κ3) is 5.14. The summed E-state index contributed by atoms with van der Waals surface area (Å²) in [6, 6.07) is 0. The molecule has 1 aliphatic heterocycles. The second-order valence-electron chi connectivity index (χ2n) is 6.69. The van der Waals surface area contributed by atoms with E-state index in [0.717, 1.165) is 0 Å². The molecule has 120 valence electrons. The van der Waals surface area contributed by atoms with Crippen LogP contribution in [0.15, 0.2) is 0 Å². The average molecular weight is 297 g/mol. The Bertz CT molecular complexity index is 403. The lowest BCUT2D eigenvalue weighted by Gasteiger charge is -2.33. The van der Waals surface area contributed by atoms with Gasteiger partial charge in [0.05, 0.1) is 5.92 Å².